The van der Waals surface area contributed by atoms with Crippen molar-refractivity contribution in [2.75, 3.05) is 31.1 Å². The van der Waals surface area contributed by atoms with Crippen LogP contribution in [0, 0.1) is 6.92 Å². The number of aromatic nitrogens is 1. The number of halogens is 1. The monoisotopic (exact) mass is 415 g/mol. The highest BCUT2D eigenvalue weighted by molar-refractivity contribution is 7.22. The number of benzene rings is 2. The third-order valence-corrected chi connectivity index (χ3v) is 6.53. The molecule has 1 saturated heterocycles. The van der Waals surface area contributed by atoms with Crippen LogP contribution in [0.2, 0.25) is 5.02 Å². The molecule has 5 nitrogen and oxygen atoms in total. The Morgan fingerprint density at radius 2 is 1.86 bits per heavy atom. The number of piperazine rings is 1. The van der Waals surface area contributed by atoms with Crippen LogP contribution in [0.3, 0.4) is 0 Å². The summed E-state index contributed by atoms with van der Waals surface area (Å²) in [6.45, 7) is 6.67. The van der Waals surface area contributed by atoms with Crippen LogP contribution in [0.4, 0.5) is 5.13 Å². The molecular formula is C21H22ClN3O2S. The number of anilines is 1. The number of para-hydroxylation sites is 1. The van der Waals surface area contributed by atoms with Gasteiger partial charge in [0, 0.05) is 26.2 Å². The van der Waals surface area contributed by atoms with Crippen LogP contribution in [0.5, 0.6) is 5.75 Å². The molecule has 0 aliphatic carbocycles. The van der Waals surface area contributed by atoms with E-state index in [2.05, 4.69) is 4.90 Å². The molecule has 1 aromatic heterocycles. The zero-order valence-corrected chi connectivity index (χ0v) is 17.5. The molecule has 1 aliphatic rings. The minimum atomic E-state index is -0.502. The standard InChI is InChI=1S/C21H22ClN3O2S/c1-14-8-9-17(22)19-18(14)23-21(28-19)25-12-10-24(11-13-25)20(26)15(2)27-16-6-4-3-5-7-16/h3-9,15H,10-13H2,1-2H3. The van der Waals surface area contributed by atoms with Gasteiger partial charge in [-0.05, 0) is 37.6 Å². The van der Waals surface area contributed by atoms with Gasteiger partial charge in [-0.25, -0.2) is 4.98 Å². The summed E-state index contributed by atoms with van der Waals surface area (Å²) in [6.07, 6.45) is -0.502. The number of amides is 1. The second-order valence-electron chi connectivity index (χ2n) is 6.92. The topological polar surface area (TPSA) is 45.7 Å². The number of carbonyl (C=O) groups is 1. The molecule has 1 atom stereocenters. The van der Waals surface area contributed by atoms with Crippen LogP contribution in [0.15, 0.2) is 42.5 Å². The normalized spacial score (nSPS) is 15.7. The highest BCUT2D eigenvalue weighted by Crippen LogP contribution is 2.35. The number of fused-ring (bicyclic) bond motifs is 1. The minimum Gasteiger partial charge on any atom is -0.481 e. The molecule has 1 aliphatic heterocycles. The zero-order valence-electron chi connectivity index (χ0n) is 15.9. The van der Waals surface area contributed by atoms with E-state index < -0.39 is 6.10 Å². The molecule has 1 fully saturated rings. The first-order chi connectivity index (χ1) is 13.5. The van der Waals surface area contributed by atoms with Crippen molar-refractivity contribution in [2.45, 2.75) is 20.0 Å². The molecule has 2 aromatic carbocycles. The molecule has 4 rings (SSSR count). The van der Waals surface area contributed by atoms with Crippen molar-refractivity contribution in [1.82, 2.24) is 9.88 Å². The summed E-state index contributed by atoms with van der Waals surface area (Å²) in [5.41, 5.74) is 2.10. The molecule has 2 heterocycles. The average molecular weight is 416 g/mol. The Bertz CT molecular complexity index is 945. The molecule has 0 N–H and O–H groups in total. The Morgan fingerprint density at radius 3 is 2.54 bits per heavy atom. The largest absolute Gasteiger partial charge is 0.481 e. The van der Waals surface area contributed by atoms with Crippen molar-refractivity contribution in [3.8, 4) is 5.75 Å². The van der Waals surface area contributed by atoms with Crippen molar-refractivity contribution in [2.24, 2.45) is 0 Å². The first kappa shape index (κ1) is 19.0. The molecule has 3 aromatic rings. The van der Waals surface area contributed by atoms with Crippen molar-refractivity contribution in [3.05, 3.63) is 53.1 Å². The summed E-state index contributed by atoms with van der Waals surface area (Å²) in [5, 5.41) is 1.71. The maximum Gasteiger partial charge on any atom is 0.263 e. The number of hydrogen-bond donors (Lipinski definition) is 0. The van der Waals surface area contributed by atoms with Crippen LogP contribution in [-0.2, 0) is 4.79 Å². The lowest BCUT2D eigenvalue weighted by molar-refractivity contribution is -0.138. The maximum absolute atomic E-state index is 12.7. The van der Waals surface area contributed by atoms with Gasteiger partial charge in [-0.15, -0.1) is 0 Å². The second-order valence-corrected chi connectivity index (χ2v) is 8.31. The summed E-state index contributed by atoms with van der Waals surface area (Å²) in [4.78, 5) is 21.6. The first-order valence-corrected chi connectivity index (χ1v) is 10.5. The Labute approximate surface area is 173 Å². The van der Waals surface area contributed by atoms with E-state index in [-0.39, 0.29) is 5.91 Å². The van der Waals surface area contributed by atoms with Crippen molar-refractivity contribution in [3.63, 3.8) is 0 Å². The van der Waals surface area contributed by atoms with E-state index in [0.717, 1.165) is 39.0 Å². The molecule has 7 heteroatoms. The van der Waals surface area contributed by atoms with Gasteiger partial charge in [0.2, 0.25) is 0 Å². The zero-order chi connectivity index (χ0) is 19.7. The van der Waals surface area contributed by atoms with Gasteiger partial charge in [-0.3, -0.25) is 4.79 Å². The van der Waals surface area contributed by atoms with Crippen molar-refractivity contribution >= 4 is 44.2 Å². The number of thiazole rings is 1. The van der Waals surface area contributed by atoms with Crippen molar-refractivity contribution in [1.29, 1.82) is 0 Å². The Hall–Kier alpha value is -2.31. The molecule has 1 amide bonds. The fourth-order valence-electron chi connectivity index (χ4n) is 3.35. The molecule has 146 valence electrons. The van der Waals surface area contributed by atoms with Gasteiger partial charge in [0.25, 0.3) is 5.91 Å². The Morgan fingerprint density at radius 1 is 1.14 bits per heavy atom. The van der Waals surface area contributed by atoms with E-state index >= 15 is 0 Å². The van der Waals surface area contributed by atoms with Gasteiger partial charge in [-0.1, -0.05) is 47.2 Å². The molecule has 0 saturated carbocycles. The van der Waals surface area contributed by atoms with Crippen LogP contribution in [0.1, 0.15) is 12.5 Å². The Balaban J connectivity index is 1.40. The lowest BCUT2D eigenvalue weighted by atomic mass is 10.2. The molecule has 0 bridgehead atoms. The summed E-state index contributed by atoms with van der Waals surface area (Å²) >= 11 is 7.95. The number of nitrogens with zero attached hydrogens (tertiary/aromatic N) is 3. The van der Waals surface area contributed by atoms with E-state index in [9.17, 15) is 4.79 Å². The van der Waals surface area contributed by atoms with Crippen LogP contribution in [0.25, 0.3) is 10.2 Å². The van der Waals surface area contributed by atoms with Gasteiger partial charge < -0.3 is 14.5 Å². The lowest BCUT2D eigenvalue weighted by Crippen LogP contribution is -2.52. The molecule has 0 radical (unpaired) electrons. The molecular weight excluding hydrogens is 394 g/mol. The van der Waals surface area contributed by atoms with Gasteiger partial charge in [0.15, 0.2) is 11.2 Å². The summed E-state index contributed by atoms with van der Waals surface area (Å²) in [7, 11) is 0. The highest BCUT2D eigenvalue weighted by atomic mass is 35.5. The number of carbonyl (C=O) groups excluding carboxylic acids is 1. The van der Waals surface area contributed by atoms with E-state index in [1.54, 1.807) is 18.3 Å². The minimum absolute atomic E-state index is 0.0201. The van der Waals surface area contributed by atoms with Gasteiger partial charge in [-0.2, -0.15) is 0 Å². The quantitative estimate of drug-likeness (QED) is 0.634. The fourth-order valence-corrected chi connectivity index (χ4v) is 4.72. The van der Waals surface area contributed by atoms with E-state index in [4.69, 9.17) is 21.3 Å². The van der Waals surface area contributed by atoms with Crippen LogP contribution in [-0.4, -0.2) is 48.1 Å². The van der Waals surface area contributed by atoms with Crippen LogP contribution < -0.4 is 9.64 Å². The average Bonchev–Trinajstić information content (AvgIpc) is 3.18. The van der Waals surface area contributed by atoms with Gasteiger partial charge >= 0.3 is 0 Å². The lowest BCUT2D eigenvalue weighted by Gasteiger charge is -2.35. The Kier molecular flexibility index (Phi) is 5.42. The van der Waals surface area contributed by atoms with Crippen LogP contribution >= 0.6 is 22.9 Å². The molecule has 1 unspecified atom stereocenters. The molecule has 0 spiro atoms. The third kappa shape index (κ3) is 3.80. The number of rotatable bonds is 4. The summed E-state index contributed by atoms with van der Waals surface area (Å²) < 4.78 is 6.81. The molecule has 28 heavy (non-hydrogen) atoms. The second kappa shape index (κ2) is 7.97. The van der Waals surface area contributed by atoms with E-state index in [0.29, 0.717) is 18.8 Å². The number of hydrogen-bond acceptors (Lipinski definition) is 5. The SMILES string of the molecule is Cc1ccc(Cl)c2sc(N3CCN(C(=O)C(C)Oc4ccccc4)CC3)nc12. The van der Waals surface area contributed by atoms with Crippen molar-refractivity contribution < 1.29 is 9.53 Å². The van der Waals surface area contributed by atoms with E-state index in [1.165, 1.54) is 0 Å². The van der Waals surface area contributed by atoms with Gasteiger partial charge in [0.1, 0.15) is 5.75 Å². The number of ether oxygens (including phenoxy) is 1. The number of aryl methyl sites for hydroxylation is 1. The van der Waals surface area contributed by atoms with Gasteiger partial charge in [0.05, 0.1) is 15.2 Å². The predicted molar refractivity (Wildman–Crippen MR) is 115 cm³/mol. The van der Waals surface area contributed by atoms with E-state index in [1.807, 2.05) is 54.3 Å². The fraction of sp³-hybridized carbons (Fsp3) is 0.333. The smallest absolute Gasteiger partial charge is 0.263 e. The first-order valence-electron chi connectivity index (χ1n) is 9.34. The summed E-state index contributed by atoms with van der Waals surface area (Å²) in [5.74, 6) is 0.732. The third-order valence-electron chi connectivity index (χ3n) is 4.95. The predicted octanol–water partition coefficient (Wildman–Crippen LogP) is 4.37. The maximum atomic E-state index is 12.7. The highest BCUT2D eigenvalue weighted by Gasteiger charge is 2.27. The summed E-state index contributed by atoms with van der Waals surface area (Å²) in [6, 6.07) is 13.4.